The van der Waals surface area contributed by atoms with Crippen LogP contribution in [0.3, 0.4) is 0 Å². The normalized spacial score (nSPS) is 10.7. The highest BCUT2D eigenvalue weighted by Crippen LogP contribution is 2.21. The predicted molar refractivity (Wildman–Crippen MR) is 104 cm³/mol. The molecule has 0 saturated heterocycles. The second kappa shape index (κ2) is 7.62. The van der Waals surface area contributed by atoms with E-state index >= 15 is 0 Å². The van der Waals surface area contributed by atoms with E-state index in [0.717, 1.165) is 10.9 Å². The van der Waals surface area contributed by atoms with Crippen molar-refractivity contribution in [2.24, 2.45) is 0 Å². The molecule has 2 aromatic carbocycles. The molecular weight excluding hydrogens is 352 g/mol. The number of nitrogens with one attached hydrogen (secondary N) is 2. The van der Waals surface area contributed by atoms with Gasteiger partial charge in [0, 0.05) is 28.8 Å². The monoisotopic (exact) mass is 370 g/mol. The zero-order valence-electron chi connectivity index (χ0n) is 14.6. The number of halogens is 1. The molecule has 0 aliphatic heterocycles. The lowest BCUT2D eigenvalue weighted by Crippen LogP contribution is -2.17. The van der Waals surface area contributed by atoms with Gasteiger partial charge in [-0.25, -0.2) is 0 Å². The molecule has 6 heteroatoms. The topological polar surface area (TPSA) is 71.2 Å². The maximum absolute atomic E-state index is 12.2. The number of ether oxygens (including phenoxy) is 1. The number of carbonyl (C=O) groups excluding carboxylic acids is 1. The fourth-order valence-corrected chi connectivity index (χ4v) is 2.86. The number of anilines is 1. The second-order valence-corrected chi connectivity index (χ2v) is 6.50. The average molecular weight is 371 g/mol. The lowest BCUT2D eigenvalue weighted by atomic mass is 10.1. The standard InChI is InChI=1S/C20H19ClN2O3/c1-12-3-6-15(10-17(12)21)22-19(24)8-5-14-9-13-4-7-16(26-2)11-18(13)23-20(14)25/h3-4,6-7,9-11H,5,8H2,1-2H3,(H,22,24)(H,23,25). The number of H-pyrrole nitrogens is 1. The number of carbonyl (C=O) groups is 1. The van der Waals surface area contributed by atoms with E-state index in [1.165, 1.54) is 0 Å². The number of hydrogen-bond acceptors (Lipinski definition) is 3. The number of benzene rings is 2. The fraction of sp³-hybridized carbons (Fsp3) is 0.200. The Kier molecular flexibility index (Phi) is 5.28. The Hall–Kier alpha value is -2.79. The molecule has 0 fully saturated rings. The van der Waals surface area contributed by atoms with Gasteiger partial charge in [-0.2, -0.15) is 0 Å². The molecule has 0 aliphatic carbocycles. The lowest BCUT2D eigenvalue weighted by molar-refractivity contribution is -0.116. The highest BCUT2D eigenvalue weighted by molar-refractivity contribution is 6.31. The van der Waals surface area contributed by atoms with Crippen LogP contribution in [-0.4, -0.2) is 18.0 Å². The molecule has 0 aliphatic rings. The Morgan fingerprint density at radius 3 is 2.73 bits per heavy atom. The summed E-state index contributed by atoms with van der Waals surface area (Å²) in [5.74, 6) is 0.510. The van der Waals surface area contributed by atoms with Crippen LogP contribution in [0.4, 0.5) is 5.69 Å². The summed E-state index contributed by atoms with van der Waals surface area (Å²) >= 11 is 6.06. The van der Waals surface area contributed by atoms with Crippen molar-refractivity contribution in [1.29, 1.82) is 0 Å². The summed E-state index contributed by atoms with van der Waals surface area (Å²) in [6.07, 6.45) is 0.555. The lowest BCUT2D eigenvalue weighted by Gasteiger charge is -2.08. The van der Waals surface area contributed by atoms with Crippen LogP contribution in [-0.2, 0) is 11.2 Å². The molecule has 0 unspecified atom stereocenters. The Morgan fingerprint density at radius 1 is 1.19 bits per heavy atom. The van der Waals surface area contributed by atoms with E-state index in [9.17, 15) is 9.59 Å². The summed E-state index contributed by atoms with van der Waals surface area (Å²) in [6, 6.07) is 12.7. The molecule has 1 aromatic heterocycles. The number of aromatic nitrogens is 1. The number of hydrogen-bond donors (Lipinski definition) is 2. The predicted octanol–water partition coefficient (Wildman–Crippen LogP) is 4.07. The molecule has 0 saturated carbocycles. The number of aromatic amines is 1. The summed E-state index contributed by atoms with van der Waals surface area (Å²) in [5.41, 5.74) is 2.67. The molecule has 2 N–H and O–H groups in total. The van der Waals surface area contributed by atoms with Crippen LogP contribution in [0.2, 0.25) is 5.02 Å². The number of pyridine rings is 1. The van der Waals surface area contributed by atoms with E-state index in [-0.39, 0.29) is 17.9 Å². The molecule has 134 valence electrons. The summed E-state index contributed by atoms with van der Waals surface area (Å²) in [4.78, 5) is 27.2. The largest absolute Gasteiger partial charge is 0.497 e. The van der Waals surface area contributed by atoms with Crippen LogP contribution in [0.1, 0.15) is 17.5 Å². The van der Waals surface area contributed by atoms with E-state index in [2.05, 4.69) is 10.3 Å². The number of fused-ring (bicyclic) bond motifs is 1. The number of amides is 1. The third-order valence-electron chi connectivity index (χ3n) is 4.21. The molecule has 26 heavy (non-hydrogen) atoms. The molecule has 3 aromatic rings. The zero-order chi connectivity index (χ0) is 18.7. The minimum absolute atomic E-state index is 0.167. The molecule has 0 atom stereocenters. The van der Waals surface area contributed by atoms with Gasteiger partial charge in [0.25, 0.3) is 5.56 Å². The minimum Gasteiger partial charge on any atom is -0.497 e. The fourth-order valence-electron chi connectivity index (χ4n) is 2.68. The van der Waals surface area contributed by atoms with Gasteiger partial charge in [0.1, 0.15) is 5.75 Å². The maximum Gasteiger partial charge on any atom is 0.251 e. The summed E-state index contributed by atoms with van der Waals surface area (Å²) < 4.78 is 5.16. The first-order valence-corrected chi connectivity index (χ1v) is 8.60. The third kappa shape index (κ3) is 4.06. The maximum atomic E-state index is 12.2. The van der Waals surface area contributed by atoms with E-state index in [4.69, 9.17) is 16.3 Å². The van der Waals surface area contributed by atoms with Gasteiger partial charge < -0.3 is 15.0 Å². The molecule has 1 heterocycles. The van der Waals surface area contributed by atoms with Crippen LogP contribution in [0, 0.1) is 6.92 Å². The van der Waals surface area contributed by atoms with Crippen molar-refractivity contribution in [2.75, 3.05) is 12.4 Å². The van der Waals surface area contributed by atoms with Crippen molar-refractivity contribution in [3.8, 4) is 5.75 Å². The molecular formula is C20H19ClN2O3. The van der Waals surface area contributed by atoms with Gasteiger partial charge in [-0.3, -0.25) is 9.59 Å². The van der Waals surface area contributed by atoms with Gasteiger partial charge in [-0.15, -0.1) is 0 Å². The summed E-state index contributed by atoms with van der Waals surface area (Å²) in [7, 11) is 1.58. The van der Waals surface area contributed by atoms with Crippen molar-refractivity contribution < 1.29 is 9.53 Å². The molecule has 1 amide bonds. The smallest absolute Gasteiger partial charge is 0.251 e. The Balaban J connectivity index is 1.70. The number of methoxy groups -OCH3 is 1. The molecule has 5 nitrogen and oxygen atoms in total. The van der Waals surface area contributed by atoms with Gasteiger partial charge in [-0.1, -0.05) is 17.7 Å². The summed E-state index contributed by atoms with van der Waals surface area (Å²) in [6.45, 7) is 1.90. The quantitative estimate of drug-likeness (QED) is 0.711. The van der Waals surface area contributed by atoms with E-state index in [1.54, 1.807) is 25.3 Å². The first kappa shape index (κ1) is 18.0. The Bertz CT molecular complexity index is 1030. The van der Waals surface area contributed by atoms with E-state index < -0.39 is 0 Å². The van der Waals surface area contributed by atoms with Gasteiger partial charge in [-0.05, 0) is 54.6 Å². The molecule has 0 bridgehead atoms. The summed E-state index contributed by atoms with van der Waals surface area (Å²) in [5, 5.41) is 4.30. The van der Waals surface area contributed by atoms with Crippen LogP contribution in [0.15, 0.2) is 47.3 Å². The van der Waals surface area contributed by atoms with Crippen molar-refractivity contribution in [1.82, 2.24) is 4.98 Å². The van der Waals surface area contributed by atoms with Crippen LogP contribution >= 0.6 is 11.6 Å². The second-order valence-electron chi connectivity index (χ2n) is 6.09. The number of aryl methyl sites for hydroxylation is 2. The first-order chi connectivity index (χ1) is 12.5. The minimum atomic E-state index is -0.197. The van der Waals surface area contributed by atoms with E-state index in [1.807, 2.05) is 31.2 Å². The average Bonchev–Trinajstić information content (AvgIpc) is 2.62. The van der Waals surface area contributed by atoms with Gasteiger partial charge >= 0.3 is 0 Å². The van der Waals surface area contributed by atoms with Crippen LogP contribution in [0.5, 0.6) is 5.75 Å². The molecule has 0 radical (unpaired) electrons. The third-order valence-corrected chi connectivity index (χ3v) is 4.61. The van der Waals surface area contributed by atoms with Crippen LogP contribution < -0.4 is 15.6 Å². The van der Waals surface area contributed by atoms with Crippen molar-refractivity contribution in [2.45, 2.75) is 19.8 Å². The van der Waals surface area contributed by atoms with Gasteiger partial charge in [0.05, 0.1) is 12.6 Å². The van der Waals surface area contributed by atoms with Crippen molar-refractivity contribution in [3.63, 3.8) is 0 Å². The number of rotatable bonds is 5. The first-order valence-electron chi connectivity index (χ1n) is 8.22. The highest BCUT2D eigenvalue weighted by atomic mass is 35.5. The Morgan fingerprint density at radius 2 is 2.00 bits per heavy atom. The van der Waals surface area contributed by atoms with Gasteiger partial charge in [0.15, 0.2) is 0 Å². The Labute approximate surface area is 156 Å². The van der Waals surface area contributed by atoms with Crippen LogP contribution in [0.25, 0.3) is 10.9 Å². The highest BCUT2D eigenvalue weighted by Gasteiger charge is 2.08. The molecule has 3 rings (SSSR count). The van der Waals surface area contributed by atoms with Crippen molar-refractivity contribution in [3.05, 3.63) is 69.0 Å². The van der Waals surface area contributed by atoms with Crippen molar-refractivity contribution >= 4 is 34.1 Å². The van der Waals surface area contributed by atoms with E-state index in [0.29, 0.717) is 34.0 Å². The SMILES string of the molecule is COc1ccc2cc(CCC(=O)Nc3ccc(C)c(Cl)c3)c(=O)[nH]c2c1. The van der Waals surface area contributed by atoms with Gasteiger partial charge in [0.2, 0.25) is 5.91 Å². The zero-order valence-corrected chi connectivity index (χ0v) is 15.3. The molecule has 0 spiro atoms.